The highest BCUT2D eigenvalue weighted by molar-refractivity contribution is 5.91. The number of rotatable bonds is 23. The summed E-state index contributed by atoms with van der Waals surface area (Å²) in [5.41, 5.74) is 1.60. The number of hydrogen-bond donors (Lipinski definition) is 0. The molecule has 0 N–H and O–H groups in total. The van der Waals surface area contributed by atoms with Crippen LogP contribution in [0.25, 0.3) is 0 Å². The van der Waals surface area contributed by atoms with Gasteiger partial charge in [-0.3, -0.25) is 0 Å². The molecule has 4 heteroatoms. The Morgan fingerprint density at radius 3 is 1.65 bits per heavy atom. The number of hydrogen-bond acceptors (Lipinski definition) is 4. The van der Waals surface area contributed by atoms with Crippen LogP contribution >= 0.6 is 0 Å². The lowest BCUT2D eigenvalue weighted by molar-refractivity contribution is 0.0626. The van der Waals surface area contributed by atoms with Crippen LogP contribution in [0.4, 0.5) is 0 Å². The van der Waals surface area contributed by atoms with Crippen molar-refractivity contribution >= 4 is 5.97 Å². The molecule has 224 valence electrons. The van der Waals surface area contributed by atoms with Crippen LogP contribution in [-0.4, -0.2) is 18.7 Å². The molecule has 0 saturated heterocycles. The normalized spacial score (nSPS) is 12.7. The summed E-state index contributed by atoms with van der Waals surface area (Å²) in [6, 6.07) is 14.8. The molecule has 0 spiro atoms. The Labute approximate surface area is 245 Å². The van der Waals surface area contributed by atoms with Gasteiger partial charge < -0.3 is 14.2 Å². The van der Waals surface area contributed by atoms with Gasteiger partial charge in [0.25, 0.3) is 0 Å². The van der Waals surface area contributed by atoms with E-state index in [0.717, 1.165) is 37.2 Å². The first kappa shape index (κ1) is 33.9. The fourth-order valence-electron chi connectivity index (χ4n) is 4.99. The first-order chi connectivity index (χ1) is 19.5. The molecule has 0 aliphatic carbocycles. The summed E-state index contributed by atoms with van der Waals surface area (Å²) in [6.45, 7) is 9.34. The van der Waals surface area contributed by atoms with Gasteiger partial charge in [0.15, 0.2) is 0 Å². The van der Waals surface area contributed by atoms with E-state index in [-0.39, 0.29) is 18.2 Å². The number of esters is 1. The first-order valence-electron chi connectivity index (χ1n) is 16.2. The Kier molecular flexibility index (Phi) is 18.1. The fraction of sp³-hybridized carbons (Fsp3) is 0.639. The maximum atomic E-state index is 12.6. The first-order valence-corrected chi connectivity index (χ1v) is 16.2. The lowest BCUT2D eigenvalue weighted by Gasteiger charge is -2.14. The summed E-state index contributed by atoms with van der Waals surface area (Å²) in [6.07, 6.45) is 21.3. The Morgan fingerprint density at radius 2 is 1.12 bits per heavy atom. The monoisotopic (exact) mass is 552 g/mol. The van der Waals surface area contributed by atoms with E-state index >= 15 is 0 Å². The fourth-order valence-corrected chi connectivity index (χ4v) is 4.99. The summed E-state index contributed by atoms with van der Waals surface area (Å²) in [4.78, 5) is 12.6. The Morgan fingerprint density at radius 1 is 0.625 bits per heavy atom. The lowest BCUT2D eigenvalue weighted by Crippen LogP contribution is -2.11. The molecule has 2 rings (SSSR count). The molecule has 0 amide bonds. The van der Waals surface area contributed by atoms with Gasteiger partial charge in [-0.15, -0.1) is 0 Å². The van der Waals surface area contributed by atoms with Crippen molar-refractivity contribution in [2.75, 3.05) is 6.61 Å². The predicted octanol–water partition coefficient (Wildman–Crippen LogP) is 11.0. The second kappa shape index (κ2) is 21.4. The van der Waals surface area contributed by atoms with E-state index in [1.807, 2.05) is 36.4 Å². The number of carbonyl (C=O) groups is 1. The second-order valence-corrected chi connectivity index (χ2v) is 11.3. The van der Waals surface area contributed by atoms with Crippen LogP contribution in [0.3, 0.4) is 0 Å². The third-order valence-electron chi connectivity index (χ3n) is 7.55. The van der Waals surface area contributed by atoms with E-state index in [4.69, 9.17) is 14.2 Å². The van der Waals surface area contributed by atoms with E-state index in [9.17, 15) is 4.79 Å². The molecule has 2 atom stereocenters. The molecule has 0 radical (unpaired) electrons. The quantitative estimate of drug-likeness (QED) is 0.0781. The molecule has 2 unspecified atom stereocenters. The summed E-state index contributed by atoms with van der Waals surface area (Å²) in [5.74, 6) is 0.929. The van der Waals surface area contributed by atoms with Gasteiger partial charge >= 0.3 is 5.97 Å². The highest BCUT2D eigenvalue weighted by atomic mass is 16.5. The van der Waals surface area contributed by atoms with Gasteiger partial charge in [-0.05, 0) is 68.7 Å². The Balaban J connectivity index is 1.54. The molecular formula is C36H56O4. The maximum Gasteiger partial charge on any atom is 0.343 e. The highest BCUT2D eigenvalue weighted by Crippen LogP contribution is 2.22. The van der Waals surface area contributed by atoms with Crippen molar-refractivity contribution in [2.24, 2.45) is 0 Å². The molecular weight excluding hydrogens is 496 g/mol. The van der Waals surface area contributed by atoms with Crippen molar-refractivity contribution in [3.8, 4) is 11.5 Å². The van der Waals surface area contributed by atoms with Gasteiger partial charge in [-0.1, -0.05) is 116 Å². The van der Waals surface area contributed by atoms with Crippen molar-refractivity contribution in [1.82, 2.24) is 0 Å². The summed E-state index contributed by atoms with van der Waals surface area (Å²) in [5, 5.41) is 0. The molecule has 0 bridgehead atoms. The van der Waals surface area contributed by atoms with Crippen LogP contribution in [0.2, 0.25) is 0 Å². The number of unbranched alkanes of at least 4 members (excludes halogenated alkanes) is 13. The van der Waals surface area contributed by atoms with Crippen LogP contribution in [0, 0.1) is 0 Å². The van der Waals surface area contributed by atoms with Crippen LogP contribution in [0.1, 0.15) is 152 Å². The molecule has 2 aromatic carbocycles. The summed E-state index contributed by atoms with van der Waals surface area (Å²) < 4.78 is 17.5. The number of benzene rings is 2. The van der Waals surface area contributed by atoms with E-state index in [1.165, 1.54) is 83.5 Å². The molecule has 0 aromatic heterocycles. The topological polar surface area (TPSA) is 44.8 Å². The molecule has 0 saturated carbocycles. The van der Waals surface area contributed by atoms with Crippen molar-refractivity contribution in [2.45, 2.75) is 143 Å². The molecule has 4 nitrogen and oxygen atoms in total. The van der Waals surface area contributed by atoms with Crippen molar-refractivity contribution in [3.05, 3.63) is 59.7 Å². The van der Waals surface area contributed by atoms with Gasteiger partial charge in [0, 0.05) is 6.61 Å². The Hall–Kier alpha value is -2.33. The Bertz CT molecular complexity index is 890. The van der Waals surface area contributed by atoms with E-state index < -0.39 is 0 Å². The molecule has 0 heterocycles. The largest absolute Gasteiger partial charge is 0.491 e. The van der Waals surface area contributed by atoms with Crippen LogP contribution in [-0.2, 0) is 4.74 Å². The van der Waals surface area contributed by atoms with Gasteiger partial charge in [-0.2, -0.15) is 0 Å². The third-order valence-corrected chi connectivity index (χ3v) is 7.55. The van der Waals surface area contributed by atoms with Gasteiger partial charge in [0.05, 0.1) is 17.8 Å². The van der Waals surface area contributed by atoms with Crippen LogP contribution < -0.4 is 9.47 Å². The van der Waals surface area contributed by atoms with Crippen LogP contribution in [0.15, 0.2) is 48.5 Å². The molecule has 40 heavy (non-hydrogen) atoms. The van der Waals surface area contributed by atoms with Crippen molar-refractivity contribution in [3.63, 3.8) is 0 Å². The molecule has 0 aliphatic rings. The SMILES string of the molecule is CCCCCCCCCCCCCCCCOC(C)c1ccc(C(=O)Oc2ccc(OC(C)CCC)cc2)cc1. The lowest BCUT2D eigenvalue weighted by atomic mass is 10.0. The average molecular weight is 553 g/mol. The van der Waals surface area contributed by atoms with Gasteiger partial charge in [0.1, 0.15) is 11.5 Å². The van der Waals surface area contributed by atoms with E-state index in [2.05, 4.69) is 27.7 Å². The number of ether oxygens (including phenoxy) is 3. The van der Waals surface area contributed by atoms with Crippen molar-refractivity contribution in [1.29, 1.82) is 0 Å². The standard InChI is InChI=1S/C36H56O4/c1-5-7-8-9-10-11-12-13-14-15-16-17-18-19-29-38-31(4)32-21-23-33(24-22-32)36(37)40-35-27-25-34(26-28-35)39-30(3)20-6-2/h21-28,30-31H,5-20,29H2,1-4H3. The zero-order valence-electron chi connectivity index (χ0n) is 25.9. The minimum Gasteiger partial charge on any atom is -0.491 e. The minimum absolute atomic E-state index is 0.00897. The van der Waals surface area contributed by atoms with E-state index in [1.54, 1.807) is 12.1 Å². The smallest absolute Gasteiger partial charge is 0.343 e. The molecule has 0 aliphatic heterocycles. The van der Waals surface area contributed by atoms with Crippen molar-refractivity contribution < 1.29 is 19.0 Å². The zero-order chi connectivity index (χ0) is 28.8. The maximum absolute atomic E-state index is 12.6. The summed E-state index contributed by atoms with van der Waals surface area (Å²) in [7, 11) is 0. The number of carbonyl (C=O) groups excluding carboxylic acids is 1. The highest BCUT2D eigenvalue weighted by Gasteiger charge is 2.12. The van der Waals surface area contributed by atoms with E-state index in [0.29, 0.717) is 11.3 Å². The minimum atomic E-state index is -0.365. The second-order valence-electron chi connectivity index (χ2n) is 11.3. The zero-order valence-corrected chi connectivity index (χ0v) is 25.9. The predicted molar refractivity (Wildman–Crippen MR) is 168 cm³/mol. The third kappa shape index (κ3) is 14.9. The molecule has 0 fully saturated rings. The summed E-state index contributed by atoms with van der Waals surface area (Å²) >= 11 is 0. The van der Waals surface area contributed by atoms with Gasteiger partial charge in [-0.25, -0.2) is 4.79 Å². The molecule has 2 aromatic rings. The van der Waals surface area contributed by atoms with Crippen LogP contribution in [0.5, 0.6) is 11.5 Å². The van der Waals surface area contributed by atoms with Gasteiger partial charge in [0.2, 0.25) is 0 Å². The average Bonchev–Trinajstić information content (AvgIpc) is 2.96.